The Balaban J connectivity index is 1.56. The maximum absolute atomic E-state index is 13.4. The Bertz CT molecular complexity index is 832. The van der Waals surface area contributed by atoms with Crippen LogP contribution in [0.1, 0.15) is 79.9 Å². The second-order valence-electron chi connectivity index (χ2n) is 8.67. The Kier molecular flexibility index (Phi) is 4.58. The van der Waals surface area contributed by atoms with E-state index in [0.29, 0.717) is 12.5 Å². The van der Waals surface area contributed by atoms with E-state index >= 15 is 0 Å². The predicted octanol–water partition coefficient (Wildman–Crippen LogP) is 3.85. The molecule has 1 amide bonds. The first kappa shape index (κ1) is 18.2. The highest BCUT2D eigenvalue weighted by atomic mass is 16.3. The van der Waals surface area contributed by atoms with Gasteiger partial charge in [0.1, 0.15) is 0 Å². The van der Waals surface area contributed by atoms with Crippen molar-refractivity contribution in [1.82, 2.24) is 14.7 Å². The van der Waals surface area contributed by atoms with Gasteiger partial charge in [0, 0.05) is 29.9 Å². The summed E-state index contributed by atoms with van der Waals surface area (Å²) in [6.45, 7) is 6.33. The average Bonchev–Trinajstić information content (AvgIpc) is 3.36. The zero-order valence-electron chi connectivity index (χ0n) is 16.4. The average molecular weight is 367 g/mol. The van der Waals surface area contributed by atoms with Gasteiger partial charge in [0.25, 0.3) is 5.91 Å². The lowest BCUT2D eigenvalue weighted by Crippen LogP contribution is -2.46. The van der Waals surface area contributed by atoms with E-state index in [0.717, 1.165) is 24.0 Å². The number of nitrogens with zero attached hydrogens (tertiary/aromatic N) is 3. The number of likely N-dealkylation sites (tertiary alicyclic amines) is 1. The number of carbonyl (C=O) groups is 1. The standard InChI is InChI=1S/C22H29N3O2/c1-15-8-11-18(25-13-17(12-23-25)22(2,3)27)14-24(15)21(26)20-7-5-4-6-19(20)16-9-10-16/h4-7,12-13,15-16,18,27H,8-11,14H2,1-3H3/t15-,18-/m1/s1. The highest BCUT2D eigenvalue weighted by Gasteiger charge is 2.34. The highest BCUT2D eigenvalue weighted by Crippen LogP contribution is 2.42. The van der Waals surface area contributed by atoms with E-state index in [2.05, 4.69) is 18.1 Å². The second kappa shape index (κ2) is 6.79. The van der Waals surface area contributed by atoms with E-state index in [1.165, 1.54) is 18.4 Å². The molecule has 144 valence electrons. The van der Waals surface area contributed by atoms with Crippen LogP contribution < -0.4 is 0 Å². The van der Waals surface area contributed by atoms with E-state index in [-0.39, 0.29) is 18.0 Å². The Hall–Kier alpha value is -2.14. The fourth-order valence-electron chi connectivity index (χ4n) is 4.04. The van der Waals surface area contributed by atoms with E-state index in [9.17, 15) is 9.90 Å². The number of rotatable bonds is 4. The van der Waals surface area contributed by atoms with Crippen molar-refractivity contribution in [1.29, 1.82) is 0 Å². The van der Waals surface area contributed by atoms with Crippen LogP contribution in [0.25, 0.3) is 0 Å². The molecule has 2 fully saturated rings. The topological polar surface area (TPSA) is 58.4 Å². The molecule has 1 aromatic carbocycles. The van der Waals surface area contributed by atoms with Gasteiger partial charge < -0.3 is 10.0 Å². The van der Waals surface area contributed by atoms with Gasteiger partial charge in [-0.2, -0.15) is 5.10 Å². The van der Waals surface area contributed by atoms with Crippen LogP contribution in [0.3, 0.4) is 0 Å². The van der Waals surface area contributed by atoms with Crippen molar-refractivity contribution >= 4 is 5.91 Å². The smallest absolute Gasteiger partial charge is 0.254 e. The van der Waals surface area contributed by atoms with Crippen LogP contribution >= 0.6 is 0 Å². The first-order valence-corrected chi connectivity index (χ1v) is 10.0. The zero-order valence-corrected chi connectivity index (χ0v) is 16.4. The van der Waals surface area contributed by atoms with Crippen molar-refractivity contribution in [2.24, 2.45) is 0 Å². The minimum Gasteiger partial charge on any atom is -0.386 e. The number of aromatic nitrogens is 2. The third kappa shape index (κ3) is 3.65. The van der Waals surface area contributed by atoms with Crippen LogP contribution in [0.5, 0.6) is 0 Å². The van der Waals surface area contributed by atoms with E-state index in [1.54, 1.807) is 20.0 Å². The molecule has 1 aliphatic heterocycles. The monoisotopic (exact) mass is 367 g/mol. The molecule has 1 aromatic heterocycles. The van der Waals surface area contributed by atoms with Gasteiger partial charge in [-0.3, -0.25) is 9.48 Å². The number of piperidine rings is 1. The molecule has 5 heteroatoms. The number of hydrogen-bond donors (Lipinski definition) is 1. The number of aliphatic hydroxyl groups is 1. The van der Waals surface area contributed by atoms with Crippen molar-refractivity contribution in [2.45, 2.75) is 70.1 Å². The van der Waals surface area contributed by atoms with Gasteiger partial charge >= 0.3 is 0 Å². The fraction of sp³-hybridized carbons (Fsp3) is 0.545. The van der Waals surface area contributed by atoms with Gasteiger partial charge in [-0.15, -0.1) is 0 Å². The van der Waals surface area contributed by atoms with Gasteiger partial charge in [0.05, 0.1) is 17.8 Å². The number of hydrogen-bond acceptors (Lipinski definition) is 3. The van der Waals surface area contributed by atoms with Crippen LogP contribution in [-0.2, 0) is 5.60 Å². The third-order valence-electron chi connectivity index (χ3n) is 6.01. The summed E-state index contributed by atoms with van der Waals surface area (Å²) in [6, 6.07) is 8.47. The van der Waals surface area contributed by atoms with Gasteiger partial charge in [-0.1, -0.05) is 18.2 Å². The van der Waals surface area contributed by atoms with Crippen molar-refractivity contribution in [3.8, 4) is 0 Å². The maximum Gasteiger partial charge on any atom is 0.254 e. The van der Waals surface area contributed by atoms with E-state index < -0.39 is 5.60 Å². The van der Waals surface area contributed by atoms with Gasteiger partial charge in [-0.25, -0.2) is 0 Å². The molecule has 0 radical (unpaired) electrons. The molecule has 0 unspecified atom stereocenters. The summed E-state index contributed by atoms with van der Waals surface area (Å²) in [5.74, 6) is 0.700. The SMILES string of the molecule is C[C@@H]1CC[C@@H](n2cc(C(C)(C)O)cn2)CN1C(=O)c1ccccc1C1CC1. The molecule has 4 rings (SSSR count). The third-order valence-corrected chi connectivity index (χ3v) is 6.01. The molecule has 2 aliphatic rings. The van der Waals surface area contributed by atoms with Gasteiger partial charge in [0.2, 0.25) is 0 Å². The molecule has 2 aromatic rings. The van der Waals surface area contributed by atoms with E-state index in [1.807, 2.05) is 34.0 Å². The maximum atomic E-state index is 13.4. The Morgan fingerprint density at radius 2 is 1.93 bits per heavy atom. The van der Waals surface area contributed by atoms with Crippen LogP contribution in [0.15, 0.2) is 36.7 Å². The molecule has 1 N–H and O–H groups in total. The lowest BCUT2D eigenvalue weighted by atomic mass is 9.96. The summed E-state index contributed by atoms with van der Waals surface area (Å²) in [5, 5.41) is 14.7. The summed E-state index contributed by atoms with van der Waals surface area (Å²) in [5.41, 5.74) is 1.97. The Morgan fingerprint density at radius 3 is 2.59 bits per heavy atom. The van der Waals surface area contributed by atoms with Crippen molar-refractivity contribution in [3.63, 3.8) is 0 Å². The minimum absolute atomic E-state index is 0.143. The first-order valence-electron chi connectivity index (χ1n) is 10.0. The molecule has 2 atom stereocenters. The quantitative estimate of drug-likeness (QED) is 0.893. The van der Waals surface area contributed by atoms with E-state index in [4.69, 9.17) is 0 Å². The van der Waals surface area contributed by atoms with Crippen LogP contribution in [0.4, 0.5) is 0 Å². The number of carbonyl (C=O) groups excluding carboxylic acids is 1. The summed E-state index contributed by atoms with van der Waals surface area (Å²) in [6.07, 6.45) is 7.97. The van der Waals surface area contributed by atoms with Crippen molar-refractivity contribution < 1.29 is 9.90 Å². The minimum atomic E-state index is -0.904. The highest BCUT2D eigenvalue weighted by molar-refractivity contribution is 5.96. The number of benzene rings is 1. The van der Waals surface area contributed by atoms with Crippen LogP contribution in [0.2, 0.25) is 0 Å². The van der Waals surface area contributed by atoms with Gasteiger partial charge in [-0.05, 0) is 64.0 Å². The lowest BCUT2D eigenvalue weighted by molar-refractivity contribution is 0.0555. The second-order valence-corrected chi connectivity index (χ2v) is 8.67. The predicted molar refractivity (Wildman–Crippen MR) is 105 cm³/mol. The summed E-state index contributed by atoms with van der Waals surface area (Å²) in [7, 11) is 0. The lowest BCUT2D eigenvalue weighted by Gasteiger charge is -2.38. The summed E-state index contributed by atoms with van der Waals surface area (Å²) < 4.78 is 1.92. The summed E-state index contributed by atoms with van der Waals surface area (Å²) >= 11 is 0. The molecule has 2 heterocycles. The largest absolute Gasteiger partial charge is 0.386 e. The van der Waals surface area contributed by atoms with Crippen molar-refractivity contribution in [2.75, 3.05) is 6.54 Å². The molecule has 5 nitrogen and oxygen atoms in total. The Morgan fingerprint density at radius 1 is 1.19 bits per heavy atom. The van der Waals surface area contributed by atoms with Crippen molar-refractivity contribution in [3.05, 3.63) is 53.3 Å². The first-order chi connectivity index (χ1) is 12.8. The zero-order chi connectivity index (χ0) is 19.2. The molecule has 1 saturated carbocycles. The normalized spacial score (nSPS) is 23.5. The number of amides is 1. The summed E-state index contributed by atoms with van der Waals surface area (Å²) in [4.78, 5) is 15.4. The van der Waals surface area contributed by atoms with Crippen LogP contribution in [-0.4, -0.2) is 38.3 Å². The molecule has 1 saturated heterocycles. The molecule has 1 aliphatic carbocycles. The van der Waals surface area contributed by atoms with Crippen LogP contribution in [0, 0.1) is 0 Å². The molecule has 0 bridgehead atoms. The molecular weight excluding hydrogens is 338 g/mol. The molecule has 27 heavy (non-hydrogen) atoms. The fourth-order valence-corrected chi connectivity index (χ4v) is 4.04. The molecule has 0 spiro atoms. The molecular formula is C22H29N3O2. The van der Waals surface area contributed by atoms with Gasteiger partial charge in [0.15, 0.2) is 0 Å². The Labute approximate surface area is 161 Å².